The van der Waals surface area contributed by atoms with E-state index in [9.17, 15) is 4.79 Å². The highest BCUT2D eigenvalue weighted by Crippen LogP contribution is 2.36. The number of carbonyl (C=O) groups is 1. The van der Waals surface area contributed by atoms with E-state index in [1.165, 1.54) is 31.2 Å². The molecule has 1 unspecified atom stereocenters. The molecule has 4 rings (SSSR count). The molecule has 2 fully saturated rings. The maximum absolute atomic E-state index is 13.2. The highest BCUT2D eigenvalue weighted by Gasteiger charge is 2.27. The van der Waals surface area contributed by atoms with Gasteiger partial charge in [-0.25, -0.2) is 4.98 Å². The Balaban J connectivity index is 1.45. The number of nitrogens with zero attached hydrogens (tertiary/aromatic N) is 3. The molecule has 1 N–H and O–H groups in total. The monoisotopic (exact) mass is 412 g/mol. The summed E-state index contributed by atoms with van der Waals surface area (Å²) in [6, 6.07) is 8.45. The zero-order chi connectivity index (χ0) is 20.2. The number of piperazine rings is 1. The van der Waals surface area contributed by atoms with E-state index >= 15 is 0 Å². The largest absolute Gasteiger partial charge is 0.360 e. The molecule has 1 saturated heterocycles. The van der Waals surface area contributed by atoms with Crippen molar-refractivity contribution < 1.29 is 4.79 Å². The molecule has 6 heteroatoms. The summed E-state index contributed by atoms with van der Waals surface area (Å²) in [5.74, 6) is 0.638. The van der Waals surface area contributed by atoms with Crippen molar-refractivity contribution in [2.75, 3.05) is 43.4 Å². The molecule has 1 amide bonds. The molecule has 1 aliphatic heterocycles. The molecule has 1 aromatic heterocycles. The smallest absolute Gasteiger partial charge is 0.233 e. The Morgan fingerprint density at radius 2 is 1.86 bits per heavy atom. The van der Waals surface area contributed by atoms with Gasteiger partial charge in [-0.2, -0.15) is 0 Å². The minimum Gasteiger partial charge on any atom is -0.360 e. The Labute approximate surface area is 178 Å². The lowest BCUT2D eigenvalue weighted by atomic mass is 9.87. The number of likely N-dealkylation sites (N-methyl/N-ethyl adjacent to an activating group) is 1. The van der Waals surface area contributed by atoms with Gasteiger partial charge < -0.3 is 15.1 Å². The lowest BCUT2D eigenvalue weighted by Crippen LogP contribution is -2.44. The average Bonchev–Trinajstić information content (AvgIpc) is 3.40. The van der Waals surface area contributed by atoms with Crippen LogP contribution >= 0.6 is 11.3 Å². The van der Waals surface area contributed by atoms with Crippen molar-refractivity contribution in [1.82, 2.24) is 9.88 Å². The van der Waals surface area contributed by atoms with E-state index < -0.39 is 0 Å². The molecule has 1 aromatic carbocycles. The van der Waals surface area contributed by atoms with E-state index in [2.05, 4.69) is 58.3 Å². The standard InChI is InChI=1S/C23H32N4OS/c1-17-7-9-19(10-8-17)20(15-18-5-3-4-6-18)22(28)25-23-24-16-21(29-23)27-13-11-26(2)12-14-27/h7-10,16,18,20H,3-6,11-15H2,1-2H3,(H,24,25,28). The molecular weight excluding hydrogens is 380 g/mol. The van der Waals surface area contributed by atoms with Crippen LogP contribution in [-0.4, -0.2) is 49.0 Å². The zero-order valence-electron chi connectivity index (χ0n) is 17.6. The van der Waals surface area contributed by atoms with Crippen molar-refractivity contribution in [2.45, 2.75) is 44.9 Å². The molecule has 1 aliphatic carbocycles. The molecule has 1 saturated carbocycles. The van der Waals surface area contributed by atoms with E-state index in [1.54, 1.807) is 11.3 Å². The number of hydrogen-bond donors (Lipinski definition) is 1. The number of thiazole rings is 1. The minimum atomic E-state index is -0.102. The number of aromatic nitrogens is 1. The van der Waals surface area contributed by atoms with Crippen molar-refractivity contribution in [3.63, 3.8) is 0 Å². The molecule has 1 atom stereocenters. The molecule has 0 radical (unpaired) electrons. The van der Waals surface area contributed by atoms with Crippen LogP contribution in [0.25, 0.3) is 0 Å². The van der Waals surface area contributed by atoms with Gasteiger partial charge in [-0.1, -0.05) is 66.8 Å². The Hall–Kier alpha value is -1.92. The SMILES string of the molecule is Cc1ccc(C(CC2CCCC2)C(=O)Nc2ncc(N3CCN(C)CC3)s2)cc1. The highest BCUT2D eigenvalue weighted by molar-refractivity contribution is 7.19. The van der Waals surface area contributed by atoms with E-state index in [0.29, 0.717) is 11.0 Å². The molecule has 2 aliphatic rings. The Morgan fingerprint density at radius 3 is 2.55 bits per heavy atom. The highest BCUT2D eigenvalue weighted by atomic mass is 32.1. The lowest BCUT2D eigenvalue weighted by molar-refractivity contribution is -0.118. The van der Waals surface area contributed by atoms with E-state index in [-0.39, 0.29) is 11.8 Å². The van der Waals surface area contributed by atoms with Crippen molar-refractivity contribution in [1.29, 1.82) is 0 Å². The summed E-state index contributed by atoms with van der Waals surface area (Å²) in [4.78, 5) is 22.5. The third kappa shape index (κ3) is 5.17. The van der Waals surface area contributed by atoms with Gasteiger partial charge >= 0.3 is 0 Å². The van der Waals surface area contributed by atoms with Crippen molar-refractivity contribution >= 4 is 27.4 Å². The van der Waals surface area contributed by atoms with Crippen LogP contribution in [0.3, 0.4) is 0 Å². The first kappa shape index (κ1) is 20.4. The third-order valence-corrected chi connectivity index (χ3v) is 7.35. The summed E-state index contributed by atoms with van der Waals surface area (Å²) in [6.07, 6.45) is 7.94. The van der Waals surface area contributed by atoms with Gasteiger partial charge in [0.15, 0.2) is 5.13 Å². The van der Waals surface area contributed by atoms with E-state index in [4.69, 9.17) is 0 Å². The van der Waals surface area contributed by atoms with Gasteiger partial charge in [0, 0.05) is 26.2 Å². The summed E-state index contributed by atoms with van der Waals surface area (Å²) in [7, 11) is 2.16. The van der Waals surface area contributed by atoms with Crippen LogP contribution in [0.4, 0.5) is 10.1 Å². The van der Waals surface area contributed by atoms with Crippen LogP contribution in [0.5, 0.6) is 0 Å². The van der Waals surface area contributed by atoms with Gasteiger partial charge in [-0.05, 0) is 31.9 Å². The van der Waals surface area contributed by atoms with Gasteiger partial charge in [0.05, 0.1) is 12.1 Å². The van der Waals surface area contributed by atoms with Crippen molar-refractivity contribution in [2.24, 2.45) is 5.92 Å². The molecule has 29 heavy (non-hydrogen) atoms. The predicted molar refractivity (Wildman–Crippen MR) is 121 cm³/mol. The molecule has 0 bridgehead atoms. The van der Waals surface area contributed by atoms with Crippen LogP contribution in [0.15, 0.2) is 30.5 Å². The van der Waals surface area contributed by atoms with Gasteiger partial charge in [0.2, 0.25) is 5.91 Å². The Bertz CT molecular complexity index is 805. The van der Waals surface area contributed by atoms with Gasteiger partial charge in [0.1, 0.15) is 5.00 Å². The summed E-state index contributed by atoms with van der Waals surface area (Å²) in [5.41, 5.74) is 2.35. The minimum absolute atomic E-state index is 0.0834. The van der Waals surface area contributed by atoms with Gasteiger partial charge in [-0.3, -0.25) is 4.79 Å². The van der Waals surface area contributed by atoms with Crippen LogP contribution in [0.1, 0.15) is 49.1 Å². The fraction of sp³-hybridized carbons (Fsp3) is 0.565. The van der Waals surface area contributed by atoms with E-state index in [1.807, 2.05) is 6.20 Å². The maximum atomic E-state index is 13.2. The average molecular weight is 413 g/mol. The number of carbonyl (C=O) groups excluding carboxylic acids is 1. The molecular formula is C23H32N4OS. The van der Waals surface area contributed by atoms with E-state index in [0.717, 1.165) is 43.2 Å². The van der Waals surface area contributed by atoms with Crippen LogP contribution in [0, 0.1) is 12.8 Å². The Kier molecular flexibility index (Phi) is 6.50. The molecule has 0 spiro atoms. The summed E-state index contributed by atoms with van der Waals surface area (Å²) < 4.78 is 0. The normalized spacial score (nSPS) is 19.4. The first-order valence-corrected chi connectivity index (χ1v) is 11.7. The molecule has 2 aromatic rings. The van der Waals surface area contributed by atoms with Crippen LogP contribution in [0.2, 0.25) is 0 Å². The predicted octanol–water partition coefficient (Wildman–Crippen LogP) is 4.51. The first-order chi connectivity index (χ1) is 14.1. The van der Waals surface area contributed by atoms with Crippen LogP contribution in [-0.2, 0) is 4.79 Å². The van der Waals surface area contributed by atoms with Gasteiger partial charge in [-0.15, -0.1) is 0 Å². The quantitative estimate of drug-likeness (QED) is 0.759. The first-order valence-electron chi connectivity index (χ1n) is 10.9. The second-order valence-electron chi connectivity index (χ2n) is 8.63. The Morgan fingerprint density at radius 1 is 1.17 bits per heavy atom. The second kappa shape index (κ2) is 9.26. The molecule has 2 heterocycles. The fourth-order valence-corrected chi connectivity index (χ4v) is 5.33. The van der Waals surface area contributed by atoms with Crippen LogP contribution < -0.4 is 10.2 Å². The summed E-state index contributed by atoms with van der Waals surface area (Å²) in [5, 5.41) is 4.99. The fourth-order valence-electron chi connectivity index (χ4n) is 4.46. The number of nitrogens with one attached hydrogen (secondary N) is 1. The number of aryl methyl sites for hydroxylation is 1. The maximum Gasteiger partial charge on any atom is 0.233 e. The zero-order valence-corrected chi connectivity index (χ0v) is 18.4. The third-order valence-electron chi connectivity index (χ3n) is 6.38. The lowest BCUT2D eigenvalue weighted by Gasteiger charge is -2.32. The summed E-state index contributed by atoms with van der Waals surface area (Å²) in [6.45, 7) is 6.25. The van der Waals surface area contributed by atoms with Crippen molar-refractivity contribution in [3.05, 3.63) is 41.6 Å². The second-order valence-corrected chi connectivity index (χ2v) is 9.64. The molecule has 5 nitrogen and oxygen atoms in total. The number of amides is 1. The number of rotatable bonds is 6. The molecule has 156 valence electrons. The van der Waals surface area contributed by atoms with Crippen molar-refractivity contribution in [3.8, 4) is 0 Å². The topological polar surface area (TPSA) is 48.5 Å². The summed E-state index contributed by atoms with van der Waals surface area (Å²) >= 11 is 1.59. The number of benzene rings is 1. The number of hydrogen-bond acceptors (Lipinski definition) is 5. The van der Waals surface area contributed by atoms with Gasteiger partial charge in [0.25, 0.3) is 0 Å². The number of anilines is 2.